The molecule has 0 aliphatic heterocycles. The fourth-order valence-electron chi connectivity index (χ4n) is 1.36. The van der Waals surface area contributed by atoms with Crippen LogP contribution in [0.5, 0.6) is 0 Å². The maximum atomic E-state index is 11.4. The van der Waals surface area contributed by atoms with Gasteiger partial charge in [-0.3, -0.25) is 0 Å². The molecule has 5 nitrogen and oxygen atoms in total. The van der Waals surface area contributed by atoms with Crippen LogP contribution in [0.4, 0.5) is 0 Å². The standard InChI is InChI=1S/C9H8ClN3O2/c1-5-7(9(14)15-2)8-11-3-6(10)4-13(8)12-5/h3-4H,1-2H3. The SMILES string of the molecule is COC(=O)c1c(C)nn2cc(Cl)cnc12. The molecule has 0 saturated carbocycles. The van der Waals surface area contributed by atoms with Crippen LogP contribution in [0.2, 0.25) is 5.02 Å². The smallest absolute Gasteiger partial charge is 0.343 e. The highest BCUT2D eigenvalue weighted by atomic mass is 35.5. The Morgan fingerprint density at radius 1 is 1.60 bits per heavy atom. The van der Waals surface area contributed by atoms with Gasteiger partial charge in [0.05, 0.1) is 24.0 Å². The summed E-state index contributed by atoms with van der Waals surface area (Å²) in [4.78, 5) is 15.5. The molecule has 0 fully saturated rings. The monoisotopic (exact) mass is 225 g/mol. The highest BCUT2D eigenvalue weighted by molar-refractivity contribution is 6.30. The third-order valence-electron chi connectivity index (χ3n) is 2.01. The molecule has 0 aliphatic carbocycles. The van der Waals surface area contributed by atoms with Gasteiger partial charge in [0.1, 0.15) is 5.56 Å². The molecule has 2 heterocycles. The van der Waals surface area contributed by atoms with Crippen molar-refractivity contribution in [3.63, 3.8) is 0 Å². The number of hydrogen-bond donors (Lipinski definition) is 0. The van der Waals surface area contributed by atoms with Gasteiger partial charge in [0.25, 0.3) is 0 Å². The summed E-state index contributed by atoms with van der Waals surface area (Å²) in [5, 5.41) is 4.57. The summed E-state index contributed by atoms with van der Waals surface area (Å²) < 4.78 is 6.11. The number of carbonyl (C=O) groups excluding carboxylic acids is 1. The Kier molecular flexibility index (Phi) is 2.32. The first-order valence-corrected chi connectivity index (χ1v) is 4.60. The Labute approximate surface area is 90.6 Å². The highest BCUT2D eigenvalue weighted by Gasteiger charge is 2.18. The van der Waals surface area contributed by atoms with Gasteiger partial charge in [-0.25, -0.2) is 14.3 Å². The summed E-state index contributed by atoms with van der Waals surface area (Å²) in [5.74, 6) is -0.447. The molecule has 0 radical (unpaired) electrons. The van der Waals surface area contributed by atoms with E-state index in [1.165, 1.54) is 17.8 Å². The fraction of sp³-hybridized carbons (Fsp3) is 0.222. The first-order chi connectivity index (χ1) is 7.13. The number of aromatic nitrogens is 3. The van der Waals surface area contributed by atoms with Crippen molar-refractivity contribution in [2.75, 3.05) is 7.11 Å². The van der Waals surface area contributed by atoms with E-state index in [9.17, 15) is 4.79 Å². The van der Waals surface area contributed by atoms with E-state index in [-0.39, 0.29) is 0 Å². The van der Waals surface area contributed by atoms with E-state index < -0.39 is 5.97 Å². The van der Waals surface area contributed by atoms with E-state index in [2.05, 4.69) is 14.8 Å². The molecule has 0 N–H and O–H groups in total. The Morgan fingerprint density at radius 2 is 2.33 bits per heavy atom. The number of methoxy groups -OCH3 is 1. The van der Waals surface area contributed by atoms with Crippen molar-refractivity contribution in [1.82, 2.24) is 14.6 Å². The number of fused-ring (bicyclic) bond motifs is 1. The van der Waals surface area contributed by atoms with Crippen LogP contribution >= 0.6 is 11.6 Å². The molecule has 0 atom stereocenters. The summed E-state index contributed by atoms with van der Waals surface area (Å²) in [6.45, 7) is 1.72. The molecule has 0 bridgehead atoms. The number of aryl methyl sites for hydroxylation is 1. The molecule has 15 heavy (non-hydrogen) atoms. The van der Waals surface area contributed by atoms with E-state index in [1.807, 2.05) is 0 Å². The van der Waals surface area contributed by atoms with Crippen molar-refractivity contribution in [2.24, 2.45) is 0 Å². The van der Waals surface area contributed by atoms with Gasteiger partial charge in [-0.15, -0.1) is 0 Å². The average Bonchev–Trinajstić information content (AvgIpc) is 2.52. The molecule has 0 saturated heterocycles. The molecule has 2 rings (SSSR count). The van der Waals surface area contributed by atoms with E-state index in [4.69, 9.17) is 11.6 Å². The van der Waals surface area contributed by atoms with Crippen molar-refractivity contribution >= 4 is 23.2 Å². The van der Waals surface area contributed by atoms with E-state index in [0.29, 0.717) is 21.9 Å². The zero-order valence-corrected chi connectivity index (χ0v) is 8.95. The Hall–Kier alpha value is -1.62. The molecule has 2 aromatic heterocycles. The third kappa shape index (κ3) is 1.55. The second-order valence-electron chi connectivity index (χ2n) is 2.99. The minimum absolute atomic E-state index is 0.370. The topological polar surface area (TPSA) is 56.5 Å². The van der Waals surface area contributed by atoms with Crippen LogP contribution in [0, 0.1) is 6.92 Å². The maximum absolute atomic E-state index is 11.4. The number of ether oxygens (including phenoxy) is 1. The van der Waals surface area contributed by atoms with Gasteiger partial charge in [0.15, 0.2) is 5.65 Å². The van der Waals surface area contributed by atoms with Crippen LogP contribution in [0.1, 0.15) is 16.1 Å². The van der Waals surface area contributed by atoms with Gasteiger partial charge in [-0.1, -0.05) is 11.6 Å². The summed E-state index contributed by atoms with van der Waals surface area (Å²) in [6.07, 6.45) is 3.05. The number of hydrogen-bond acceptors (Lipinski definition) is 4. The maximum Gasteiger partial charge on any atom is 0.343 e. The minimum Gasteiger partial charge on any atom is -0.465 e. The quantitative estimate of drug-likeness (QED) is 0.690. The number of nitrogens with zero attached hydrogens (tertiary/aromatic N) is 3. The summed E-state index contributed by atoms with van der Waals surface area (Å²) in [7, 11) is 1.32. The minimum atomic E-state index is -0.447. The first kappa shape index (κ1) is 9.92. The molecule has 2 aromatic rings. The van der Waals surface area contributed by atoms with Gasteiger partial charge in [0.2, 0.25) is 0 Å². The van der Waals surface area contributed by atoms with E-state index >= 15 is 0 Å². The van der Waals surface area contributed by atoms with Crippen molar-refractivity contribution in [2.45, 2.75) is 6.92 Å². The molecular weight excluding hydrogens is 218 g/mol. The van der Waals surface area contributed by atoms with Crippen LogP contribution in [-0.2, 0) is 4.74 Å². The van der Waals surface area contributed by atoms with Crippen LogP contribution in [0.25, 0.3) is 5.65 Å². The van der Waals surface area contributed by atoms with Gasteiger partial charge < -0.3 is 4.74 Å². The number of carbonyl (C=O) groups is 1. The van der Waals surface area contributed by atoms with E-state index in [1.54, 1.807) is 13.1 Å². The zero-order chi connectivity index (χ0) is 11.0. The van der Waals surface area contributed by atoms with Crippen LogP contribution in [0.3, 0.4) is 0 Å². The lowest BCUT2D eigenvalue weighted by Gasteiger charge is -1.96. The first-order valence-electron chi connectivity index (χ1n) is 4.22. The van der Waals surface area contributed by atoms with Crippen molar-refractivity contribution in [1.29, 1.82) is 0 Å². The Bertz CT molecular complexity index is 535. The van der Waals surface area contributed by atoms with Crippen LogP contribution in [0.15, 0.2) is 12.4 Å². The normalized spacial score (nSPS) is 10.6. The predicted molar refractivity (Wildman–Crippen MR) is 54.1 cm³/mol. The molecular formula is C9H8ClN3O2. The highest BCUT2D eigenvalue weighted by Crippen LogP contribution is 2.16. The van der Waals surface area contributed by atoms with Crippen molar-refractivity contribution < 1.29 is 9.53 Å². The summed E-state index contributed by atoms with van der Waals surface area (Å²) in [5.41, 5.74) is 1.38. The van der Waals surface area contributed by atoms with Gasteiger partial charge in [-0.05, 0) is 6.92 Å². The second-order valence-corrected chi connectivity index (χ2v) is 3.43. The van der Waals surface area contributed by atoms with Gasteiger partial charge in [-0.2, -0.15) is 5.10 Å². The lowest BCUT2D eigenvalue weighted by molar-refractivity contribution is 0.0602. The predicted octanol–water partition coefficient (Wildman–Crippen LogP) is 1.48. The molecule has 78 valence electrons. The Morgan fingerprint density at radius 3 is 3.00 bits per heavy atom. The lowest BCUT2D eigenvalue weighted by atomic mass is 10.2. The second kappa shape index (κ2) is 3.51. The molecule has 0 aliphatic rings. The van der Waals surface area contributed by atoms with Gasteiger partial charge >= 0.3 is 5.97 Å². The fourth-order valence-corrected chi connectivity index (χ4v) is 1.50. The summed E-state index contributed by atoms with van der Waals surface area (Å²) in [6, 6.07) is 0. The lowest BCUT2D eigenvalue weighted by Crippen LogP contribution is -2.03. The molecule has 0 aromatic carbocycles. The molecule has 0 spiro atoms. The average molecular weight is 226 g/mol. The number of halogens is 1. The largest absolute Gasteiger partial charge is 0.465 e. The van der Waals surface area contributed by atoms with Crippen LogP contribution in [-0.4, -0.2) is 27.7 Å². The van der Waals surface area contributed by atoms with Crippen molar-refractivity contribution in [3.05, 3.63) is 28.7 Å². The molecule has 6 heteroatoms. The number of rotatable bonds is 1. The third-order valence-corrected chi connectivity index (χ3v) is 2.20. The van der Waals surface area contributed by atoms with Gasteiger partial charge in [0, 0.05) is 6.20 Å². The summed E-state index contributed by atoms with van der Waals surface area (Å²) >= 11 is 5.75. The number of esters is 1. The Balaban J connectivity index is 2.73. The van der Waals surface area contributed by atoms with Crippen molar-refractivity contribution in [3.8, 4) is 0 Å². The zero-order valence-electron chi connectivity index (χ0n) is 8.19. The molecule has 0 unspecified atom stereocenters. The molecule has 0 amide bonds. The van der Waals surface area contributed by atoms with E-state index in [0.717, 1.165) is 0 Å². The van der Waals surface area contributed by atoms with Crippen LogP contribution < -0.4 is 0 Å².